The fourth-order valence-corrected chi connectivity index (χ4v) is 9.50. The third-order valence-corrected chi connectivity index (χ3v) is 14.5. The lowest BCUT2D eigenvalue weighted by atomic mass is 10.0. The van der Waals surface area contributed by atoms with Gasteiger partial charge < -0.3 is 14.2 Å². The van der Waals surface area contributed by atoms with Gasteiger partial charge in [-0.05, 0) is 116 Å². The zero-order valence-corrected chi connectivity index (χ0v) is 52.1. The van der Waals surface area contributed by atoms with Gasteiger partial charge >= 0.3 is 17.9 Å². The van der Waals surface area contributed by atoms with Crippen molar-refractivity contribution in [3.63, 3.8) is 0 Å². The molecule has 1 unspecified atom stereocenters. The van der Waals surface area contributed by atoms with E-state index in [1.807, 2.05) is 0 Å². The van der Waals surface area contributed by atoms with Crippen LogP contribution in [0.4, 0.5) is 0 Å². The summed E-state index contributed by atoms with van der Waals surface area (Å²) >= 11 is 0. The van der Waals surface area contributed by atoms with Crippen LogP contribution in [0.2, 0.25) is 0 Å². The molecule has 0 aliphatic rings. The Bertz CT molecular complexity index is 1540. The first kappa shape index (κ1) is 75.3. The summed E-state index contributed by atoms with van der Waals surface area (Å²) in [5.74, 6) is -0.895. The molecule has 0 aliphatic carbocycles. The SMILES string of the molecule is CC/C=C\C/C=C\C/C=C\C/C=C\C/C=C\CCCCCCCCCCCCCCCCCCCCCC(=O)OCC(COC(=O)CCCCCCC/C=C\CCC)OC(=O)CCCCCCC/C=C\C/C=C\CCCCCC. The van der Waals surface area contributed by atoms with Crippen molar-refractivity contribution >= 4 is 17.9 Å². The van der Waals surface area contributed by atoms with Crippen molar-refractivity contribution in [2.75, 3.05) is 13.2 Å². The lowest BCUT2D eigenvalue weighted by Crippen LogP contribution is -2.30. The van der Waals surface area contributed by atoms with Crippen molar-refractivity contribution in [2.45, 2.75) is 335 Å². The molecule has 79 heavy (non-hydrogen) atoms. The molecule has 454 valence electrons. The number of allylic oxidation sites excluding steroid dienone is 16. The maximum atomic E-state index is 12.9. The minimum absolute atomic E-state index is 0.0822. The van der Waals surface area contributed by atoms with Gasteiger partial charge in [0.25, 0.3) is 0 Å². The Morgan fingerprint density at radius 1 is 0.266 bits per heavy atom. The van der Waals surface area contributed by atoms with Crippen LogP contribution in [-0.4, -0.2) is 37.2 Å². The Kier molecular flexibility index (Phi) is 63.7. The molecule has 0 amide bonds. The number of hydrogen-bond acceptors (Lipinski definition) is 6. The molecule has 6 nitrogen and oxygen atoms in total. The first-order chi connectivity index (χ1) is 39.0. The van der Waals surface area contributed by atoms with Gasteiger partial charge in [0.1, 0.15) is 13.2 Å². The Labute approximate surface area is 489 Å². The number of carbonyl (C=O) groups excluding carboxylic acids is 3. The van der Waals surface area contributed by atoms with Crippen LogP contribution in [-0.2, 0) is 28.6 Å². The summed E-state index contributed by atoms with van der Waals surface area (Å²) in [6.45, 7) is 6.45. The van der Waals surface area contributed by atoms with Crippen LogP contribution in [0.1, 0.15) is 329 Å². The molecule has 0 fully saturated rings. The molecule has 0 spiro atoms. The van der Waals surface area contributed by atoms with Crippen LogP contribution in [0, 0.1) is 0 Å². The first-order valence-corrected chi connectivity index (χ1v) is 33.7. The minimum atomic E-state index is -0.786. The Hall–Kier alpha value is -3.67. The smallest absolute Gasteiger partial charge is 0.306 e. The van der Waals surface area contributed by atoms with Crippen molar-refractivity contribution in [3.05, 3.63) is 97.2 Å². The highest BCUT2D eigenvalue weighted by Crippen LogP contribution is 2.17. The van der Waals surface area contributed by atoms with E-state index in [4.69, 9.17) is 14.2 Å². The molecule has 0 rings (SSSR count). The standard InChI is InChI=1S/C73H126O6/c1-4-7-10-13-16-19-22-24-26-28-29-30-31-32-33-34-35-36-37-38-39-40-41-42-43-44-45-46-48-49-51-54-57-60-63-66-72(75)78-69-70(68-77-71(74)65-62-59-56-53-21-18-15-12-9-6-3)79-73(76)67-64-61-58-55-52-50-47-27-25-23-20-17-14-11-8-5-2/h7,10,12,15-16,19-20,23-24,26-27,29-30,32-33,47,70H,4-6,8-9,11,13-14,17-18,21-22,25,28,31,34-46,48-69H2,1-3H3/b10-7-,15-12-,19-16-,23-20-,26-24-,30-29-,33-32-,47-27-. The number of carbonyl (C=O) groups is 3. The number of unbranched alkanes of at least 4 members (excludes halogenated alkanes) is 34. The molecule has 0 saturated carbocycles. The van der Waals surface area contributed by atoms with E-state index in [9.17, 15) is 14.4 Å². The third kappa shape index (κ3) is 65.0. The molecule has 0 aromatic heterocycles. The highest BCUT2D eigenvalue weighted by atomic mass is 16.6. The van der Waals surface area contributed by atoms with Crippen molar-refractivity contribution in [1.82, 2.24) is 0 Å². The van der Waals surface area contributed by atoms with Crippen molar-refractivity contribution < 1.29 is 28.6 Å². The minimum Gasteiger partial charge on any atom is -0.462 e. The zero-order chi connectivity index (χ0) is 57.1. The molecule has 1 atom stereocenters. The fraction of sp³-hybridized carbons (Fsp3) is 0.740. The molecule has 0 saturated heterocycles. The molecule has 0 radical (unpaired) electrons. The molecule has 6 heteroatoms. The second kappa shape index (κ2) is 66.8. The lowest BCUT2D eigenvalue weighted by Gasteiger charge is -2.18. The molecule has 0 N–H and O–H groups in total. The van der Waals surface area contributed by atoms with Gasteiger partial charge in [0.15, 0.2) is 6.10 Å². The van der Waals surface area contributed by atoms with Crippen LogP contribution < -0.4 is 0 Å². The molecule has 0 aromatic rings. The van der Waals surface area contributed by atoms with E-state index in [1.165, 1.54) is 161 Å². The molecule has 0 aromatic carbocycles. The van der Waals surface area contributed by atoms with E-state index in [-0.39, 0.29) is 31.1 Å². The average Bonchev–Trinajstić information content (AvgIpc) is 3.45. The predicted molar refractivity (Wildman–Crippen MR) is 344 cm³/mol. The Morgan fingerprint density at radius 3 is 0.835 bits per heavy atom. The van der Waals surface area contributed by atoms with E-state index < -0.39 is 6.10 Å². The normalized spacial score (nSPS) is 12.7. The zero-order valence-electron chi connectivity index (χ0n) is 52.1. The van der Waals surface area contributed by atoms with E-state index in [0.29, 0.717) is 19.3 Å². The maximum absolute atomic E-state index is 12.9. The van der Waals surface area contributed by atoms with Crippen LogP contribution in [0.5, 0.6) is 0 Å². The molecule has 0 bridgehead atoms. The average molecular weight is 1100 g/mol. The number of hydrogen-bond donors (Lipinski definition) is 0. The van der Waals surface area contributed by atoms with Gasteiger partial charge in [-0.1, -0.05) is 291 Å². The largest absolute Gasteiger partial charge is 0.462 e. The predicted octanol–water partition coefficient (Wildman–Crippen LogP) is 23.2. The monoisotopic (exact) mass is 1100 g/mol. The quantitative estimate of drug-likeness (QED) is 0.0261. The topological polar surface area (TPSA) is 78.9 Å². The highest BCUT2D eigenvalue weighted by molar-refractivity contribution is 5.71. The van der Waals surface area contributed by atoms with Gasteiger partial charge in [-0.25, -0.2) is 0 Å². The molecular weight excluding hydrogens is 973 g/mol. The molecule has 0 aliphatic heterocycles. The van der Waals surface area contributed by atoms with E-state index >= 15 is 0 Å². The van der Waals surface area contributed by atoms with Gasteiger partial charge in [0, 0.05) is 19.3 Å². The van der Waals surface area contributed by atoms with Crippen molar-refractivity contribution in [2.24, 2.45) is 0 Å². The summed E-state index contributed by atoms with van der Waals surface area (Å²) in [6, 6.07) is 0. The third-order valence-electron chi connectivity index (χ3n) is 14.5. The van der Waals surface area contributed by atoms with Crippen LogP contribution in [0.15, 0.2) is 97.2 Å². The number of esters is 3. The second-order valence-corrected chi connectivity index (χ2v) is 22.3. The van der Waals surface area contributed by atoms with Crippen LogP contribution >= 0.6 is 0 Å². The fourth-order valence-electron chi connectivity index (χ4n) is 9.50. The van der Waals surface area contributed by atoms with Gasteiger partial charge in [0.2, 0.25) is 0 Å². The van der Waals surface area contributed by atoms with E-state index in [1.54, 1.807) is 0 Å². The Balaban J connectivity index is 4.07. The van der Waals surface area contributed by atoms with Crippen molar-refractivity contribution in [3.8, 4) is 0 Å². The van der Waals surface area contributed by atoms with E-state index in [2.05, 4.69) is 118 Å². The number of rotatable bonds is 61. The summed E-state index contributed by atoms with van der Waals surface area (Å²) in [5, 5.41) is 0. The second-order valence-electron chi connectivity index (χ2n) is 22.3. The van der Waals surface area contributed by atoms with Gasteiger partial charge in [-0.15, -0.1) is 0 Å². The van der Waals surface area contributed by atoms with Crippen LogP contribution in [0.3, 0.4) is 0 Å². The summed E-state index contributed by atoms with van der Waals surface area (Å²) in [7, 11) is 0. The summed E-state index contributed by atoms with van der Waals surface area (Å²) in [5.41, 5.74) is 0. The lowest BCUT2D eigenvalue weighted by molar-refractivity contribution is -0.167. The van der Waals surface area contributed by atoms with Gasteiger partial charge in [-0.2, -0.15) is 0 Å². The highest BCUT2D eigenvalue weighted by Gasteiger charge is 2.19. The Morgan fingerprint density at radius 2 is 0.519 bits per heavy atom. The maximum Gasteiger partial charge on any atom is 0.306 e. The number of ether oxygens (including phenoxy) is 3. The first-order valence-electron chi connectivity index (χ1n) is 33.7. The van der Waals surface area contributed by atoms with Gasteiger partial charge in [0.05, 0.1) is 0 Å². The van der Waals surface area contributed by atoms with E-state index in [0.717, 1.165) is 128 Å². The molecule has 0 heterocycles. The molecular formula is C73H126O6. The summed E-state index contributed by atoms with van der Waals surface area (Å²) < 4.78 is 16.9. The van der Waals surface area contributed by atoms with Gasteiger partial charge in [-0.3, -0.25) is 14.4 Å². The summed E-state index contributed by atoms with van der Waals surface area (Å²) in [6.07, 6.45) is 90.2. The summed E-state index contributed by atoms with van der Waals surface area (Å²) in [4.78, 5) is 38.2. The van der Waals surface area contributed by atoms with Crippen molar-refractivity contribution in [1.29, 1.82) is 0 Å². The van der Waals surface area contributed by atoms with Crippen LogP contribution in [0.25, 0.3) is 0 Å².